The summed E-state index contributed by atoms with van der Waals surface area (Å²) in [5.41, 5.74) is 2.73. The summed E-state index contributed by atoms with van der Waals surface area (Å²) in [6.07, 6.45) is 6.31. The highest BCUT2D eigenvalue weighted by Gasteiger charge is 2.15. The highest BCUT2D eigenvalue weighted by Crippen LogP contribution is 2.26. The third-order valence-corrected chi connectivity index (χ3v) is 4.38. The van der Waals surface area contributed by atoms with Gasteiger partial charge >= 0.3 is 0 Å². The molecular formula is C20H19N5O3. The maximum atomic E-state index is 12.1. The number of ether oxygens (including phenoxy) is 1. The first-order valence-electron chi connectivity index (χ1n) is 8.94. The van der Waals surface area contributed by atoms with E-state index in [2.05, 4.69) is 20.7 Å². The number of nitrogens with one attached hydrogen (secondary N) is 2. The van der Waals surface area contributed by atoms with Gasteiger partial charge < -0.3 is 15.4 Å². The summed E-state index contributed by atoms with van der Waals surface area (Å²) in [6.45, 7) is 0.289. The molecule has 0 spiro atoms. The van der Waals surface area contributed by atoms with Crippen LogP contribution in [0.15, 0.2) is 55.0 Å². The van der Waals surface area contributed by atoms with Gasteiger partial charge in [0, 0.05) is 37.2 Å². The number of anilines is 1. The van der Waals surface area contributed by atoms with Crippen LogP contribution in [0, 0.1) is 0 Å². The van der Waals surface area contributed by atoms with Gasteiger partial charge in [-0.15, -0.1) is 0 Å². The molecule has 8 heteroatoms. The molecule has 3 heterocycles. The Hall–Kier alpha value is -3.68. The lowest BCUT2D eigenvalue weighted by atomic mass is 10.0. The summed E-state index contributed by atoms with van der Waals surface area (Å²) in [6, 6.07) is 10.9. The molecule has 0 saturated carbocycles. The minimum Gasteiger partial charge on any atom is -0.484 e. The molecule has 142 valence electrons. The van der Waals surface area contributed by atoms with Crippen LogP contribution in [0.3, 0.4) is 0 Å². The van der Waals surface area contributed by atoms with Crippen molar-refractivity contribution >= 4 is 17.5 Å². The van der Waals surface area contributed by atoms with E-state index in [4.69, 9.17) is 4.74 Å². The summed E-state index contributed by atoms with van der Waals surface area (Å²) in [5.74, 6) is 1.10. The van der Waals surface area contributed by atoms with E-state index in [1.54, 1.807) is 29.2 Å². The predicted octanol–water partition coefficient (Wildman–Crippen LogP) is 1.85. The monoisotopic (exact) mass is 377 g/mol. The second-order valence-corrected chi connectivity index (χ2v) is 6.41. The molecule has 0 radical (unpaired) electrons. The molecule has 0 atom stereocenters. The fraction of sp³-hybridized carbons (Fsp3) is 0.200. The Morgan fingerprint density at radius 1 is 1.21 bits per heavy atom. The number of fused-ring (bicyclic) bond motifs is 1. The standard InChI is InChI=1S/C20H19N5O3/c26-19-5-2-15-11-16(3-4-17(15)24-19)28-13-20(27)22-12-14-6-8-21-18(10-14)25-9-1-7-23-25/h1,3-4,6-11H,2,5,12-13H2,(H,22,27)(H,24,26). The average molecular weight is 377 g/mol. The van der Waals surface area contributed by atoms with Crippen molar-refractivity contribution in [3.05, 3.63) is 66.1 Å². The van der Waals surface area contributed by atoms with E-state index in [9.17, 15) is 9.59 Å². The Labute approximate surface area is 161 Å². The number of pyridine rings is 1. The molecule has 1 aromatic carbocycles. The second kappa shape index (κ2) is 7.91. The van der Waals surface area contributed by atoms with Crippen molar-refractivity contribution in [3.63, 3.8) is 0 Å². The van der Waals surface area contributed by atoms with E-state index in [0.717, 1.165) is 16.8 Å². The summed E-state index contributed by atoms with van der Waals surface area (Å²) in [5, 5.41) is 9.80. The molecule has 0 bridgehead atoms. The van der Waals surface area contributed by atoms with Crippen molar-refractivity contribution in [3.8, 4) is 11.6 Å². The number of amides is 2. The molecule has 28 heavy (non-hydrogen) atoms. The van der Waals surface area contributed by atoms with E-state index in [-0.39, 0.29) is 18.4 Å². The molecule has 1 aliphatic rings. The van der Waals surface area contributed by atoms with Gasteiger partial charge in [-0.2, -0.15) is 5.10 Å². The quantitative estimate of drug-likeness (QED) is 0.683. The first-order valence-corrected chi connectivity index (χ1v) is 8.94. The van der Waals surface area contributed by atoms with Crippen LogP contribution in [-0.2, 0) is 22.6 Å². The number of carbonyl (C=O) groups excluding carboxylic acids is 2. The minimum absolute atomic E-state index is 0.0207. The van der Waals surface area contributed by atoms with Gasteiger partial charge in [-0.25, -0.2) is 9.67 Å². The first kappa shape index (κ1) is 17.7. The maximum absolute atomic E-state index is 12.1. The SMILES string of the molecule is O=C(COc1ccc2c(c1)CCC(=O)N2)NCc1ccnc(-n2cccn2)c1. The molecule has 4 rings (SSSR count). The average Bonchev–Trinajstić information content (AvgIpc) is 3.26. The smallest absolute Gasteiger partial charge is 0.258 e. The van der Waals surface area contributed by atoms with E-state index in [1.165, 1.54) is 0 Å². The van der Waals surface area contributed by atoms with Gasteiger partial charge in [0.2, 0.25) is 5.91 Å². The summed E-state index contributed by atoms with van der Waals surface area (Å²) < 4.78 is 7.24. The van der Waals surface area contributed by atoms with Gasteiger partial charge in [0.1, 0.15) is 5.75 Å². The highest BCUT2D eigenvalue weighted by molar-refractivity contribution is 5.94. The molecule has 8 nitrogen and oxygen atoms in total. The van der Waals surface area contributed by atoms with Crippen LogP contribution in [0.2, 0.25) is 0 Å². The lowest BCUT2D eigenvalue weighted by Crippen LogP contribution is -2.28. The van der Waals surface area contributed by atoms with Gasteiger partial charge in [-0.3, -0.25) is 9.59 Å². The number of hydrogen-bond donors (Lipinski definition) is 2. The molecule has 0 fully saturated rings. The normalized spacial score (nSPS) is 12.8. The number of rotatable bonds is 6. The lowest BCUT2D eigenvalue weighted by Gasteiger charge is -2.17. The van der Waals surface area contributed by atoms with Gasteiger partial charge in [0.25, 0.3) is 5.91 Å². The molecule has 2 aromatic heterocycles. The van der Waals surface area contributed by atoms with Crippen LogP contribution in [-0.4, -0.2) is 33.2 Å². The highest BCUT2D eigenvalue weighted by atomic mass is 16.5. The fourth-order valence-corrected chi connectivity index (χ4v) is 2.95. The van der Waals surface area contributed by atoms with Crippen LogP contribution in [0.4, 0.5) is 5.69 Å². The Kier molecular flexibility index (Phi) is 5.01. The number of aryl methyl sites for hydroxylation is 1. The zero-order chi connectivity index (χ0) is 19.3. The Morgan fingerprint density at radius 2 is 2.14 bits per heavy atom. The number of carbonyl (C=O) groups is 2. The van der Waals surface area contributed by atoms with Crippen LogP contribution < -0.4 is 15.4 Å². The Bertz CT molecular complexity index is 1000. The Morgan fingerprint density at radius 3 is 3.00 bits per heavy atom. The van der Waals surface area contributed by atoms with Crippen molar-refractivity contribution in [2.45, 2.75) is 19.4 Å². The zero-order valence-corrected chi connectivity index (χ0v) is 15.1. The predicted molar refractivity (Wildman–Crippen MR) is 102 cm³/mol. The number of benzene rings is 1. The van der Waals surface area contributed by atoms with E-state index in [1.807, 2.05) is 30.5 Å². The van der Waals surface area contributed by atoms with Gasteiger partial charge in [0.15, 0.2) is 12.4 Å². The van der Waals surface area contributed by atoms with Crippen molar-refractivity contribution < 1.29 is 14.3 Å². The minimum atomic E-state index is -0.219. The third-order valence-electron chi connectivity index (χ3n) is 4.38. The number of hydrogen-bond acceptors (Lipinski definition) is 5. The lowest BCUT2D eigenvalue weighted by molar-refractivity contribution is -0.123. The van der Waals surface area contributed by atoms with Crippen LogP contribution in [0.1, 0.15) is 17.5 Å². The van der Waals surface area contributed by atoms with E-state index in [0.29, 0.717) is 31.0 Å². The largest absolute Gasteiger partial charge is 0.484 e. The fourth-order valence-electron chi connectivity index (χ4n) is 2.95. The van der Waals surface area contributed by atoms with E-state index < -0.39 is 0 Å². The van der Waals surface area contributed by atoms with Crippen LogP contribution >= 0.6 is 0 Å². The van der Waals surface area contributed by atoms with Crippen molar-refractivity contribution in [1.82, 2.24) is 20.1 Å². The molecule has 3 aromatic rings. The zero-order valence-electron chi connectivity index (χ0n) is 15.1. The van der Waals surface area contributed by atoms with Crippen molar-refractivity contribution in [2.24, 2.45) is 0 Å². The second-order valence-electron chi connectivity index (χ2n) is 6.41. The van der Waals surface area contributed by atoms with Crippen molar-refractivity contribution in [2.75, 3.05) is 11.9 Å². The number of aromatic nitrogens is 3. The van der Waals surface area contributed by atoms with Crippen molar-refractivity contribution in [1.29, 1.82) is 0 Å². The summed E-state index contributed by atoms with van der Waals surface area (Å²) in [4.78, 5) is 27.8. The van der Waals surface area contributed by atoms with Gasteiger partial charge in [-0.05, 0) is 53.9 Å². The van der Waals surface area contributed by atoms with Crippen LogP contribution in [0.25, 0.3) is 5.82 Å². The molecular weight excluding hydrogens is 358 g/mol. The molecule has 0 aliphatic carbocycles. The molecule has 2 amide bonds. The van der Waals surface area contributed by atoms with E-state index >= 15 is 0 Å². The summed E-state index contributed by atoms with van der Waals surface area (Å²) >= 11 is 0. The first-order chi connectivity index (χ1) is 13.7. The third kappa shape index (κ3) is 4.17. The topological polar surface area (TPSA) is 98.1 Å². The van der Waals surface area contributed by atoms with Gasteiger partial charge in [-0.1, -0.05) is 0 Å². The molecule has 2 N–H and O–H groups in total. The Balaban J connectivity index is 1.30. The number of nitrogens with zero attached hydrogens (tertiary/aromatic N) is 3. The summed E-state index contributed by atoms with van der Waals surface area (Å²) in [7, 11) is 0. The van der Waals surface area contributed by atoms with Crippen LogP contribution in [0.5, 0.6) is 5.75 Å². The molecule has 0 saturated heterocycles. The molecule has 1 aliphatic heterocycles. The maximum Gasteiger partial charge on any atom is 0.258 e. The molecule has 0 unspecified atom stereocenters. The van der Waals surface area contributed by atoms with Gasteiger partial charge in [0.05, 0.1) is 0 Å².